The van der Waals surface area contributed by atoms with Gasteiger partial charge in [-0.2, -0.15) is 0 Å². The lowest BCUT2D eigenvalue weighted by Gasteiger charge is -2.20. The highest BCUT2D eigenvalue weighted by Crippen LogP contribution is 2.32. The number of halogens is 1. The average Bonchev–Trinajstić information content (AvgIpc) is 3.49. The molecule has 1 saturated heterocycles. The lowest BCUT2D eigenvalue weighted by molar-refractivity contribution is -0.143. The third-order valence-corrected chi connectivity index (χ3v) is 6.19. The minimum Gasteiger partial charge on any atom is -0.354 e. The van der Waals surface area contributed by atoms with Crippen LogP contribution in [0, 0.1) is 5.82 Å². The van der Waals surface area contributed by atoms with Gasteiger partial charge in [0.2, 0.25) is 0 Å². The lowest BCUT2D eigenvalue weighted by Crippen LogP contribution is -2.41. The summed E-state index contributed by atoms with van der Waals surface area (Å²) in [5.41, 5.74) is 2.04. The molecule has 32 heavy (non-hydrogen) atoms. The van der Waals surface area contributed by atoms with E-state index in [1.165, 1.54) is 12.1 Å². The molecule has 2 aromatic carbocycles. The maximum absolute atomic E-state index is 13.4. The van der Waals surface area contributed by atoms with Crippen LogP contribution in [0.3, 0.4) is 0 Å². The summed E-state index contributed by atoms with van der Waals surface area (Å²) in [4.78, 5) is 56.2. The Morgan fingerprint density at radius 1 is 0.969 bits per heavy atom. The van der Waals surface area contributed by atoms with Crippen LogP contribution in [0.25, 0.3) is 22.2 Å². The Balaban J connectivity index is 1.51. The molecule has 2 fully saturated rings. The minimum absolute atomic E-state index is 0.290. The number of nitrogens with one attached hydrogen (secondary N) is 1. The van der Waals surface area contributed by atoms with Gasteiger partial charge in [-0.3, -0.25) is 19.3 Å². The van der Waals surface area contributed by atoms with Crippen molar-refractivity contribution in [2.75, 3.05) is 6.54 Å². The Bertz CT molecular complexity index is 1260. The second kappa shape index (κ2) is 7.71. The van der Waals surface area contributed by atoms with Gasteiger partial charge >= 0.3 is 17.8 Å². The fraction of sp³-hybridized carbons (Fsp3) is 0.250. The maximum Gasteiger partial charge on any atom is 0.334 e. The summed E-state index contributed by atoms with van der Waals surface area (Å²) >= 11 is 0. The first-order valence-electron chi connectivity index (χ1n) is 10.5. The number of urea groups is 1. The van der Waals surface area contributed by atoms with E-state index >= 15 is 0 Å². The number of H-pyrrole nitrogens is 1. The molecular weight excluding hydrogens is 413 g/mol. The van der Waals surface area contributed by atoms with Crippen LogP contribution in [0.5, 0.6) is 0 Å². The predicted molar refractivity (Wildman–Crippen MR) is 114 cm³/mol. The summed E-state index contributed by atoms with van der Waals surface area (Å²) in [6, 6.07) is 11.8. The monoisotopic (exact) mass is 433 g/mol. The molecule has 2 heterocycles. The smallest absolute Gasteiger partial charge is 0.334 e. The van der Waals surface area contributed by atoms with Crippen LogP contribution in [-0.4, -0.2) is 51.0 Å². The molecule has 4 amide bonds. The first kappa shape index (κ1) is 20.1. The average molecular weight is 433 g/mol. The minimum atomic E-state index is -0.974. The second-order valence-electron chi connectivity index (χ2n) is 8.14. The summed E-state index contributed by atoms with van der Waals surface area (Å²) in [7, 11) is 0. The van der Waals surface area contributed by atoms with Crippen molar-refractivity contribution in [3.8, 4) is 11.3 Å². The lowest BCUT2D eigenvalue weighted by atomic mass is 10.0. The van der Waals surface area contributed by atoms with Gasteiger partial charge in [-0.1, -0.05) is 31.0 Å². The largest absolute Gasteiger partial charge is 0.354 e. The Hall–Kier alpha value is -3.81. The SMILES string of the molecule is O=C(CN1C(=O)C(=O)N(C2CCCC2)C1=O)c1c(-c2ccc(F)cc2)[nH]c2ccccc12. The molecule has 1 aliphatic heterocycles. The topological polar surface area (TPSA) is 90.6 Å². The Kier molecular flexibility index (Phi) is 4.84. The highest BCUT2D eigenvalue weighted by molar-refractivity contribution is 6.45. The van der Waals surface area contributed by atoms with Crippen molar-refractivity contribution in [2.24, 2.45) is 0 Å². The van der Waals surface area contributed by atoms with Gasteiger partial charge in [-0.25, -0.2) is 14.1 Å². The van der Waals surface area contributed by atoms with E-state index in [1.54, 1.807) is 30.3 Å². The highest BCUT2D eigenvalue weighted by Gasteiger charge is 2.48. The molecule has 2 aliphatic rings. The quantitative estimate of drug-likeness (QED) is 0.376. The standard InChI is InChI=1S/C24H20FN3O4/c25-15-11-9-14(10-12-15)21-20(17-7-3-4-8-18(17)26-21)19(29)13-27-22(30)23(31)28(24(27)32)16-5-1-2-6-16/h3-4,7-12,16,26H,1-2,5-6,13H2. The third-order valence-electron chi connectivity index (χ3n) is 6.19. The fourth-order valence-corrected chi connectivity index (χ4v) is 4.63. The predicted octanol–water partition coefficient (Wildman–Crippen LogP) is 3.89. The molecule has 1 saturated carbocycles. The van der Waals surface area contributed by atoms with E-state index in [1.807, 2.05) is 6.07 Å². The third kappa shape index (κ3) is 3.19. The maximum atomic E-state index is 13.4. The summed E-state index contributed by atoms with van der Waals surface area (Å²) in [6.45, 7) is -0.539. The molecule has 0 radical (unpaired) electrons. The van der Waals surface area contributed by atoms with Crippen molar-refractivity contribution in [3.05, 3.63) is 59.9 Å². The van der Waals surface area contributed by atoms with Crippen LogP contribution in [0.4, 0.5) is 9.18 Å². The number of hydrogen-bond donors (Lipinski definition) is 1. The summed E-state index contributed by atoms with van der Waals surface area (Å²) in [5, 5.41) is 0.620. The van der Waals surface area contributed by atoms with E-state index in [0.29, 0.717) is 40.6 Å². The van der Waals surface area contributed by atoms with Crippen LogP contribution in [0.2, 0.25) is 0 Å². The van der Waals surface area contributed by atoms with Crippen molar-refractivity contribution < 1.29 is 23.6 Å². The van der Waals surface area contributed by atoms with Gasteiger partial charge in [0.25, 0.3) is 0 Å². The number of para-hydroxylation sites is 1. The number of carbonyl (C=O) groups excluding carboxylic acids is 4. The highest BCUT2D eigenvalue weighted by atomic mass is 19.1. The van der Waals surface area contributed by atoms with E-state index in [0.717, 1.165) is 22.6 Å². The normalized spacial score (nSPS) is 17.2. The fourth-order valence-electron chi connectivity index (χ4n) is 4.63. The molecule has 0 unspecified atom stereocenters. The Labute approximate surface area is 182 Å². The number of rotatable bonds is 5. The number of aromatic amines is 1. The van der Waals surface area contributed by atoms with Crippen molar-refractivity contribution in [1.29, 1.82) is 0 Å². The number of Topliss-reactive ketones (excluding diaryl/α,β-unsaturated/α-hetero) is 1. The molecule has 5 rings (SSSR count). The van der Waals surface area contributed by atoms with Gasteiger partial charge < -0.3 is 4.98 Å². The van der Waals surface area contributed by atoms with Crippen LogP contribution in [0.15, 0.2) is 48.5 Å². The van der Waals surface area contributed by atoms with Crippen molar-refractivity contribution in [3.63, 3.8) is 0 Å². The van der Waals surface area contributed by atoms with Gasteiger partial charge in [-0.15, -0.1) is 0 Å². The number of aromatic nitrogens is 1. The zero-order valence-corrected chi connectivity index (χ0v) is 17.1. The zero-order valence-electron chi connectivity index (χ0n) is 17.1. The van der Waals surface area contributed by atoms with E-state index in [2.05, 4.69) is 4.98 Å². The van der Waals surface area contributed by atoms with Crippen molar-refractivity contribution in [2.45, 2.75) is 31.7 Å². The molecular formula is C24H20FN3O4. The van der Waals surface area contributed by atoms with Gasteiger partial charge in [0, 0.05) is 16.9 Å². The van der Waals surface area contributed by atoms with E-state index < -0.39 is 36.0 Å². The van der Waals surface area contributed by atoms with Gasteiger partial charge in [0.1, 0.15) is 5.82 Å². The molecule has 8 heteroatoms. The number of fused-ring (bicyclic) bond motifs is 1. The first-order chi connectivity index (χ1) is 15.5. The van der Waals surface area contributed by atoms with Gasteiger partial charge in [0.05, 0.1) is 17.8 Å². The Morgan fingerprint density at radius 3 is 2.38 bits per heavy atom. The number of carbonyl (C=O) groups is 4. The van der Waals surface area contributed by atoms with E-state index in [-0.39, 0.29) is 6.04 Å². The van der Waals surface area contributed by atoms with Crippen molar-refractivity contribution >= 4 is 34.5 Å². The first-order valence-corrected chi connectivity index (χ1v) is 10.5. The van der Waals surface area contributed by atoms with E-state index in [4.69, 9.17) is 0 Å². The van der Waals surface area contributed by atoms with Crippen LogP contribution >= 0.6 is 0 Å². The molecule has 7 nitrogen and oxygen atoms in total. The number of nitrogens with zero attached hydrogens (tertiary/aromatic N) is 2. The van der Waals surface area contributed by atoms with Gasteiger partial charge in [0.15, 0.2) is 5.78 Å². The van der Waals surface area contributed by atoms with Crippen LogP contribution in [0.1, 0.15) is 36.0 Å². The molecule has 0 bridgehead atoms. The molecule has 1 N–H and O–H groups in total. The summed E-state index contributed by atoms with van der Waals surface area (Å²) < 4.78 is 13.4. The van der Waals surface area contributed by atoms with Gasteiger partial charge in [-0.05, 0) is 48.7 Å². The molecule has 162 valence electrons. The second-order valence-corrected chi connectivity index (χ2v) is 8.14. The van der Waals surface area contributed by atoms with Crippen molar-refractivity contribution in [1.82, 2.24) is 14.8 Å². The number of benzene rings is 2. The number of hydrogen-bond acceptors (Lipinski definition) is 4. The zero-order chi connectivity index (χ0) is 22.4. The van der Waals surface area contributed by atoms with Crippen LogP contribution < -0.4 is 0 Å². The number of ketones is 1. The number of imide groups is 2. The van der Waals surface area contributed by atoms with Crippen LogP contribution in [-0.2, 0) is 9.59 Å². The van der Waals surface area contributed by atoms with E-state index in [9.17, 15) is 23.6 Å². The molecule has 3 aromatic rings. The molecule has 1 aliphatic carbocycles. The molecule has 0 atom stereocenters. The summed E-state index contributed by atoms with van der Waals surface area (Å²) in [6.07, 6.45) is 3.13. The molecule has 1 aromatic heterocycles. The summed E-state index contributed by atoms with van der Waals surface area (Å²) in [5.74, 6) is -2.73. The Morgan fingerprint density at radius 2 is 1.66 bits per heavy atom. The molecule has 0 spiro atoms. The number of amides is 4.